The SMILES string of the molecule is CC(C)(C)OC(=O)NC(Cc1ccccc1)C(CC(Cc1cncs1)C(=O)O)O[Si](C)(C)C(C)(C)C. The van der Waals surface area contributed by atoms with E-state index in [0.29, 0.717) is 12.8 Å². The van der Waals surface area contributed by atoms with E-state index in [1.54, 1.807) is 11.7 Å². The second kappa shape index (κ2) is 12.3. The van der Waals surface area contributed by atoms with Crippen LogP contribution in [0.2, 0.25) is 18.1 Å². The van der Waals surface area contributed by atoms with Crippen molar-refractivity contribution in [3.05, 3.63) is 52.5 Å². The minimum Gasteiger partial charge on any atom is -0.481 e. The molecule has 2 rings (SSSR count). The summed E-state index contributed by atoms with van der Waals surface area (Å²) in [5, 5.41) is 13.1. The summed E-state index contributed by atoms with van der Waals surface area (Å²) in [5.41, 5.74) is 2.07. The highest BCUT2D eigenvalue weighted by Gasteiger charge is 2.42. The summed E-state index contributed by atoms with van der Waals surface area (Å²) in [5.74, 6) is -1.57. The monoisotopic (exact) mass is 534 g/mol. The molecule has 1 aromatic heterocycles. The van der Waals surface area contributed by atoms with Crippen LogP contribution < -0.4 is 5.32 Å². The zero-order chi connectivity index (χ0) is 27.1. The van der Waals surface area contributed by atoms with Crippen molar-refractivity contribution >= 4 is 31.7 Å². The lowest BCUT2D eigenvalue weighted by Gasteiger charge is -2.42. The lowest BCUT2D eigenvalue weighted by atomic mass is 9.91. The fraction of sp³-hybridized carbons (Fsp3) is 0.593. The number of aromatic nitrogens is 1. The Labute approximate surface area is 220 Å². The predicted octanol–water partition coefficient (Wildman–Crippen LogP) is 6.30. The number of aliphatic carboxylic acids is 1. The third kappa shape index (κ3) is 9.67. The Balaban J connectivity index is 2.44. The second-order valence-electron chi connectivity index (χ2n) is 11.8. The van der Waals surface area contributed by atoms with E-state index in [4.69, 9.17) is 9.16 Å². The molecule has 0 saturated carbocycles. The van der Waals surface area contributed by atoms with Crippen LogP contribution in [0, 0.1) is 5.92 Å². The van der Waals surface area contributed by atoms with Crippen molar-refractivity contribution in [2.75, 3.05) is 0 Å². The normalized spacial score (nSPS) is 15.1. The first kappa shape index (κ1) is 30.0. The Kier molecular flexibility index (Phi) is 10.3. The van der Waals surface area contributed by atoms with Crippen LogP contribution in [0.3, 0.4) is 0 Å². The third-order valence-electron chi connectivity index (χ3n) is 6.50. The van der Waals surface area contributed by atoms with Crippen LogP contribution in [-0.4, -0.2) is 48.2 Å². The molecule has 0 aliphatic carbocycles. The highest BCUT2D eigenvalue weighted by Crippen LogP contribution is 2.39. The van der Waals surface area contributed by atoms with Crippen molar-refractivity contribution in [3.8, 4) is 0 Å². The molecule has 2 aromatic rings. The average molecular weight is 535 g/mol. The van der Waals surface area contributed by atoms with Gasteiger partial charge < -0.3 is 19.6 Å². The quantitative estimate of drug-likeness (QED) is 0.328. The number of ether oxygens (including phenoxy) is 1. The van der Waals surface area contributed by atoms with Gasteiger partial charge in [-0.1, -0.05) is 51.1 Å². The number of hydrogen-bond donors (Lipinski definition) is 2. The van der Waals surface area contributed by atoms with Gasteiger partial charge in [0.25, 0.3) is 0 Å². The topological polar surface area (TPSA) is 97.8 Å². The zero-order valence-corrected chi connectivity index (χ0v) is 24.6. The highest BCUT2D eigenvalue weighted by molar-refractivity contribution is 7.09. The van der Waals surface area contributed by atoms with Crippen LogP contribution in [0.15, 0.2) is 42.0 Å². The van der Waals surface area contributed by atoms with Gasteiger partial charge in [0, 0.05) is 11.1 Å². The zero-order valence-electron chi connectivity index (χ0n) is 22.8. The van der Waals surface area contributed by atoms with Crippen molar-refractivity contribution in [2.45, 2.75) is 96.7 Å². The van der Waals surface area contributed by atoms with Crippen molar-refractivity contribution in [3.63, 3.8) is 0 Å². The number of hydrogen-bond acceptors (Lipinski definition) is 6. The maximum Gasteiger partial charge on any atom is 0.407 e. The number of carboxylic acids is 1. The number of rotatable bonds is 11. The van der Waals surface area contributed by atoms with Crippen molar-refractivity contribution in [2.24, 2.45) is 5.92 Å². The summed E-state index contributed by atoms with van der Waals surface area (Å²) in [6.45, 7) is 16.2. The molecular formula is C27H42N2O5SSi. The van der Waals surface area contributed by atoms with Crippen LogP contribution in [0.25, 0.3) is 0 Å². The minimum atomic E-state index is -2.32. The van der Waals surface area contributed by atoms with Crippen molar-refractivity contribution in [1.82, 2.24) is 10.3 Å². The third-order valence-corrected chi connectivity index (χ3v) is 11.8. The summed E-state index contributed by atoms with van der Waals surface area (Å²) < 4.78 is 12.4. The summed E-state index contributed by atoms with van der Waals surface area (Å²) in [7, 11) is -2.32. The number of nitrogens with one attached hydrogen (secondary N) is 1. The average Bonchev–Trinajstić information content (AvgIpc) is 3.23. The Morgan fingerprint density at radius 3 is 2.22 bits per heavy atom. The van der Waals surface area contributed by atoms with E-state index in [-0.39, 0.29) is 11.5 Å². The molecule has 0 fully saturated rings. The molecule has 0 aliphatic rings. The lowest BCUT2D eigenvalue weighted by Crippen LogP contribution is -2.54. The van der Waals surface area contributed by atoms with Crippen LogP contribution in [0.1, 0.15) is 58.4 Å². The number of amides is 1. The van der Waals surface area contributed by atoms with Gasteiger partial charge in [0.1, 0.15) is 5.60 Å². The minimum absolute atomic E-state index is 0.0924. The largest absolute Gasteiger partial charge is 0.481 e. The molecule has 0 spiro atoms. The number of carbonyl (C=O) groups is 2. The molecule has 0 bridgehead atoms. The molecule has 3 unspecified atom stereocenters. The van der Waals surface area contributed by atoms with E-state index < -0.39 is 44.0 Å². The van der Waals surface area contributed by atoms with Gasteiger partial charge in [-0.05, 0) is 63.7 Å². The molecule has 3 atom stereocenters. The molecular weight excluding hydrogens is 492 g/mol. The number of carbonyl (C=O) groups excluding carboxylic acids is 1. The van der Waals surface area contributed by atoms with Gasteiger partial charge in [0.15, 0.2) is 8.32 Å². The number of benzene rings is 1. The molecule has 0 saturated heterocycles. The van der Waals surface area contributed by atoms with Gasteiger partial charge in [-0.15, -0.1) is 11.3 Å². The number of thiazole rings is 1. The summed E-state index contributed by atoms with van der Waals surface area (Å²) >= 11 is 1.44. The molecule has 1 heterocycles. The fourth-order valence-electron chi connectivity index (χ4n) is 3.59. The highest BCUT2D eigenvalue weighted by atomic mass is 32.1. The van der Waals surface area contributed by atoms with E-state index in [1.807, 2.05) is 51.1 Å². The molecule has 0 radical (unpaired) electrons. The van der Waals surface area contributed by atoms with E-state index in [0.717, 1.165) is 10.4 Å². The van der Waals surface area contributed by atoms with Gasteiger partial charge in [0.2, 0.25) is 0 Å². The predicted molar refractivity (Wildman–Crippen MR) is 147 cm³/mol. The second-order valence-corrected chi connectivity index (χ2v) is 17.5. The number of nitrogens with zero attached hydrogens (tertiary/aromatic N) is 1. The van der Waals surface area contributed by atoms with Crippen LogP contribution in [-0.2, 0) is 26.8 Å². The smallest absolute Gasteiger partial charge is 0.407 e. The van der Waals surface area contributed by atoms with Crippen LogP contribution >= 0.6 is 11.3 Å². The Bertz CT molecular complexity index is 968. The van der Waals surface area contributed by atoms with E-state index in [1.165, 1.54) is 11.3 Å². The van der Waals surface area contributed by atoms with E-state index in [2.05, 4.69) is 44.2 Å². The summed E-state index contributed by atoms with van der Waals surface area (Å²) in [6, 6.07) is 9.37. The maximum absolute atomic E-state index is 12.9. The lowest BCUT2D eigenvalue weighted by molar-refractivity contribution is -0.142. The molecule has 9 heteroatoms. The maximum atomic E-state index is 12.9. The van der Waals surface area contributed by atoms with E-state index in [9.17, 15) is 14.7 Å². The van der Waals surface area contributed by atoms with Crippen molar-refractivity contribution in [1.29, 1.82) is 0 Å². The molecule has 0 aliphatic heterocycles. The molecule has 7 nitrogen and oxygen atoms in total. The standard InChI is InChI=1S/C27H42N2O5SSi/c1-26(2,3)33-25(32)29-22(14-19-12-10-9-11-13-19)23(34-36(7,8)27(4,5)6)16-20(24(30)31)15-21-17-28-18-35-21/h9-13,17-18,20,22-23H,14-16H2,1-8H3,(H,29,32)(H,30,31). The first-order valence-corrected chi connectivity index (χ1v) is 16.2. The van der Waals surface area contributed by atoms with Gasteiger partial charge in [0.05, 0.1) is 23.6 Å². The van der Waals surface area contributed by atoms with Crippen LogP contribution in [0.4, 0.5) is 4.79 Å². The van der Waals surface area contributed by atoms with Gasteiger partial charge in [-0.3, -0.25) is 9.78 Å². The summed E-state index contributed by atoms with van der Waals surface area (Å²) in [6.07, 6.45) is 1.76. The number of alkyl carbamates (subject to hydrolysis) is 1. The molecule has 200 valence electrons. The summed E-state index contributed by atoms with van der Waals surface area (Å²) in [4.78, 5) is 30.3. The first-order chi connectivity index (χ1) is 16.6. The Hall–Kier alpha value is -2.23. The van der Waals surface area contributed by atoms with Gasteiger partial charge in [-0.25, -0.2) is 4.79 Å². The molecule has 2 N–H and O–H groups in total. The Morgan fingerprint density at radius 2 is 1.72 bits per heavy atom. The van der Waals surface area contributed by atoms with Gasteiger partial charge in [-0.2, -0.15) is 0 Å². The van der Waals surface area contributed by atoms with Crippen LogP contribution in [0.5, 0.6) is 0 Å². The molecule has 36 heavy (non-hydrogen) atoms. The van der Waals surface area contributed by atoms with E-state index >= 15 is 0 Å². The molecule has 1 aromatic carbocycles. The first-order valence-electron chi connectivity index (χ1n) is 12.4. The van der Waals surface area contributed by atoms with Crippen molar-refractivity contribution < 1.29 is 23.9 Å². The van der Waals surface area contributed by atoms with Gasteiger partial charge >= 0.3 is 12.1 Å². The molecule has 1 amide bonds. The fourth-order valence-corrected chi connectivity index (χ4v) is 5.64. The Morgan fingerprint density at radius 1 is 1.08 bits per heavy atom. The number of carboxylic acid groups (broad SMARTS) is 1.